The summed E-state index contributed by atoms with van der Waals surface area (Å²) in [6.45, 7) is 23.2. The molecule has 0 aliphatic heterocycles. The van der Waals surface area contributed by atoms with E-state index in [1.807, 2.05) is 0 Å². The Morgan fingerprint density at radius 1 is 0.840 bits per heavy atom. The second-order valence-electron chi connectivity index (χ2n) is 9.14. The zero-order valence-corrected chi connectivity index (χ0v) is 21.4. The van der Waals surface area contributed by atoms with E-state index in [0.717, 1.165) is 6.42 Å². The number of carbonyl (C=O) groups excluding carboxylic acids is 1. The smallest absolute Gasteiger partial charge is 0.417 e. The maximum absolute atomic E-state index is 10.8. The number of carbonyl (C=O) groups is 1. The molecule has 0 bridgehead atoms. The van der Waals surface area contributed by atoms with Crippen LogP contribution in [0.4, 0.5) is 4.79 Å². The summed E-state index contributed by atoms with van der Waals surface area (Å²) in [4.78, 5) is 10.8. The van der Waals surface area contributed by atoms with Crippen molar-refractivity contribution in [1.82, 2.24) is 0 Å². The van der Waals surface area contributed by atoms with Crippen molar-refractivity contribution in [3.8, 4) is 0 Å². The molecular weight excluding hydrogens is 387 g/mol. The Morgan fingerprint density at radius 3 is 1.48 bits per heavy atom. The van der Waals surface area contributed by atoms with Crippen LogP contribution in [0.1, 0.15) is 12.8 Å². The first-order chi connectivity index (χ1) is 10.9. The molecule has 0 atom stereocenters. The minimum atomic E-state index is -2.84. The molecule has 0 saturated heterocycles. The van der Waals surface area contributed by atoms with Crippen molar-refractivity contribution in [1.29, 1.82) is 0 Å². The number of hydrogen-bond donors (Lipinski definition) is 1. The standard InChI is InChI=1S/C15H37NO5Si4/c1-14(18-15(16)17)12-11-13-25(19-22(2,3)4,20-23(5,6)7)21-24(8,9)10/h1,11-13H2,2-10H3,(H2,16,17). The molecule has 10 heteroatoms. The minimum Gasteiger partial charge on any atom is -0.417 e. The SMILES string of the molecule is C=C(CCC[Si](O[Si](C)(C)C)(O[Si](C)(C)C)O[Si](C)(C)C)OC(N)=O. The molecule has 0 aromatic rings. The number of ether oxygens (including phenoxy) is 1. The molecule has 2 N–H and O–H groups in total. The van der Waals surface area contributed by atoms with E-state index in [9.17, 15) is 4.79 Å². The van der Waals surface area contributed by atoms with Gasteiger partial charge in [0.15, 0.2) is 25.0 Å². The number of primary amides is 1. The van der Waals surface area contributed by atoms with Gasteiger partial charge in [0.05, 0.1) is 0 Å². The van der Waals surface area contributed by atoms with E-state index in [1.165, 1.54) is 0 Å². The van der Waals surface area contributed by atoms with Crippen molar-refractivity contribution in [3.63, 3.8) is 0 Å². The number of hydrogen-bond acceptors (Lipinski definition) is 5. The van der Waals surface area contributed by atoms with Crippen molar-refractivity contribution in [3.05, 3.63) is 12.3 Å². The molecular formula is C15H37NO5Si4. The number of amides is 1. The molecule has 25 heavy (non-hydrogen) atoms. The van der Waals surface area contributed by atoms with Crippen molar-refractivity contribution >= 4 is 39.8 Å². The molecule has 148 valence electrons. The summed E-state index contributed by atoms with van der Waals surface area (Å²) < 4.78 is 24.6. The predicted molar refractivity (Wildman–Crippen MR) is 113 cm³/mol. The highest BCUT2D eigenvalue weighted by Gasteiger charge is 2.49. The Morgan fingerprint density at radius 2 is 1.20 bits per heavy atom. The van der Waals surface area contributed by atoms with Crippen molar-refractivity contribution in [2.24, 2.45) is 5.73 Å². The van der Waals surface area contributed by atoms with Gasteiger partial charge in [-0.25, -0.2) is 4.79 Å². The molecule has 0 aromatic carbocycles. The van der Waals surface area contributed by atoms with E-state index < -0.39 is 39.8 Å². The molecule has 0 unspecified atom stereocenters. The number of rotatable bonds is 11. The highest BCUT2D eigenvalue weighted by molar-refractivity contribution is 6.90. The Kier molecular flexibility index (Phi) is 9.02. The average molecular weight is 424 g/mol. The van der Waals surface area contributed by atoms with Crippen LogP contribution < -0.4 is 5.73 Å². The van der Waals surface area contributed by atoms with Crippen molar-refractivity contribution in [2.45, 2.75) is 77.8 Å². The number of nitrogens with two attached hydrogens (primary N) is 1. The third-order valence-corrected chi connectivity index (χ3v) is 14.6. The van der Waals surface area contributed by atoms with Crippen LogP contribution in [-0.2, 0) is 17.1 Å². The molecule has 0 fully saturated rings. The number of allylic oxidation sites excluding steroid dienone is 1. The Hall–Kier alpha value is -0.242. The molecule has 0 rings (SSSR count). The van der Waals surface area contributed by atoms with E-state index >= 15 is 0 Å². The van der Waals surface area contributed by atoms with Gasteiger partial charge in [-0.2, -0.15) is 0 Å². The van der Waals surface area contributed by atoms with E-state index in [-0.39, 0.29) is 0 Å². The fourth-order valence-corrected chi connectivity index (χ4v) is 17.0. The molecule has 0 radical (unpaired) electrons. The van der Waals surface area contributed by atoms with Crippen LogP contribution in [0.25, 0.3) is 0 Å². The van der Waals surface area contributed by atoms with Gasteiger partial charge >= 0.3 is 14.9 Å². The van der Waals surface area contributed by atoms with Gasteiger partial charge in [0.2, 0.25) is 0 Å². The van der Waals surface area contributed by atoms with Crippen molar-refractivity contribution in [2.75, 3.05) is 0 Å². The van der Waals surface area contributed by atoms with Gasteiger partial charge < -0.3 is 22.8 Å². The van der Waals surface area contributed by atoms with E-state index in [4.69, 9.17) is 22.8 Å². The third kappa shape index (κ3) is 13.6. The largest absolute Gasteiger partial charge is 0.469 e. The summed E-state index contributed by atoms with van der Waals surface area (Å²) >= 11 is 0. The normalized spacial score (nSPS) is 13.6. The second kappa shape index (κ2) is 9.11. The maximum Gasteiger partial charge on any atom is 0.469 e. The van der Waals surface area contributed by atoms with Crippen LogP contribution in [0.5, 0.6) is 0 Å². The lowest BCUT2D eigenvalue weighted by Crippen LogP contribution is -2.60. The summed E-state index contributed by atoms with van der Waals surface area (Å²) in [6.07, 6.45) is 0.415. The molecule has 0 aliphatic carbocycles. The predicted octanol–water partition coefficient (Wildman–Crippen LogP) is 4.87. The van der Waals surface area contributed by atoms with Crippen LogP contribution in [-0.4, -0.2) is 39.8 Å². The van der Waals surface area contributed by atoms with Crippen LogP contribution in [0.2, 0.25) is 65.0 Å². The van der Waals surface area contributed by atoms with Crippen LogP contribution >= 0.6 is 0 Å². The van der Waals surface area contributed by atoms with E-state index in [0.29, 0.717) is 18.2 Å². The molecule has 6 nitrogen and oxygen atoms in total. The first kappa shape index (κ1) is 24.8. The van der Waals surface area contributed by atoms with Gasteiger partial charge in [0, 0.05) is 12.5 Å². The summed E-state index contributed by atoms with van der Waals surface area (Å²) in [5, 5.41) is 0. The van der Waals surface area contributed by atoms with Gasteiger partial charge in [0.1, 0.15) is 5.76 Å². The van der Waals surface area contributed by atoms with Crippen LogP contribution in [0.3, 0.4) is 0 Å². The highest BCUT2D eigenvalue weighted by Crippen LogP contribution is 2.30. The van der Waals surface area contributed by atoms with Gasteiger partial charge in [-0.15, -0.1) is 0 Å². The fourth-order valence-electron chi connectivity index (χ4n) is 2.31. The summed E-state index contributed by atoms with van der Waals surface area (Å²) in [7, 11) is -8.44. The maximum atomic E-state index is 10.8. The quantitative estimate of drug-likeness (QED) is 0.379. The molecule has 1 amide bonds. The third-order valence-electron chi connectivity index (χ3n) is 2.57. The lowest BCUT2D eigenvalue weighted by molar-refractivity contribution is 0.183. The summed E-state index contributed by atoms with van der Waals surface area (Å²) in [6, 6.07) is 0.687. The second-order valence-corrected chi connectivity index (χ2v) is 26.1. The zero-order valence-electron chi connectivity index (χ0n) is 17.4. The topological polar surface area (TPSA) is 80.0 Å². The van der Waals surface area contributed by atoms with Gasteiger partial charge in [0.25, 0.3) is 0 Å². The molecule has 0 saturated carbocycles. The lowest BCUT2D eigenvalue weighted by Gasteiger charge is -2.43. The van der Waals surface area contributed by atoms with Crippen LogP contribution in [0.15, 0.2) is 12.3 Å². The zero-order chi connectivity index (χ0) is 20.1. The Balaban J connectivity index is 5.36. The summed E-state index contributed by atoms with van der Waals surface area (Å²) in [5.74, 6) is 0.365. The van der Waals surface area contributed by atoms with Gasteiger partial charge in [-0.1, -0.05) is 6.58 Å². The lowest BCUT2D eigenvalue weighted by atomic mass is 10.3. The first-order valence-corrected chi connectivity index (χ1v) is 20.8. The molecule has 0 aromatic heterocycles. The van der Waals surface area contributed by atoms with Gasteiger partial charge in [-0.05, 0) is 65.3 Å². The molecule has 0 aliphatic rings. The van der Waals surface area contributed by atoms with Gasteiger partial charge in [-0.3, -0.25) is 0 Å². The fraction of sp³-hybridized carbons (Fsp3) is 0.800. The van der Waals surface area contributed by atoms with E-state index in [1.54, 1.807) is 0 Å². The molecule has 0 spiro atoms. The monoisotopic (exact) mass is 423 g/mol. The summed E-state index contributed by atoms with van der Waals surface area (Å²) in [5.41, 5.74) is 5.03. The first-order valence-electron chi connectivity index (χ1n) is 8.69. The Labute approximate surface area is 157 Å². The van der Waals surface area contributed by atoms with Crippen molar-refractivity contribution < 1.29 is 21.9 Å². The Bertz CT molecular complexity index is 425. The average Bonchev–Trinajstić information content (AvgIpc) is 2.18. The minimum absolute atomic E-state index is 0.365. The van der Waals surface area contributed by atoms with Crippen LogP contribution in [0, 0.1) is 0 Å². The highest BCUT2D eigenvalue weighted by atomic mass is 28.5. The molecule has 0 heterocycles. The van der Waals surface area contributed by atoms with E-state index in [2.05, 4.69) is 65.5 Å².